The predicted molar refractivity (Wildman–Crippen MR) is 43.6 cm³/mol. The Kier molecular flexibility index (Phi) is 5.08. The van der Waals surface area contributed by atoms with E-state index in [1.807, 2.05) is 0 Å². The Morgan fingerprint density at radius 1 is 1.29 bits per heavy atom. The molecule has 0 unspecified atom stereocenters. The van der Waals surface area contributed by atoms with E-state index in [0.717, 1.165) is 0 Å². The first-order valence-corrected chi connectivity index (χ1v) is 5.67. The average molecular weight is 236 g/mol. The molecular formula is C6H14F3NO3P+. The highest BCUT2D eigenvalue weighted by atomic mass is 31.2. The summed E-state index contributed by atoms with van der Waals surface area (Å²) in [4.78, 5) is 0. The van der Waals surface area contributed by atoms with Gasteiger partial charge in [-0.1, -0.05) is 0 Å². The van der Waals surface area contributed by atoms with Crippen LogP contribution in [-0.2, 0) is 13.6 Å². The molecule has 1 atom stereocenters. The van der Waals surface area contributed by atoms with Crippen molar-refractivity contribution in [2.45, 2.75) is 25.8 Å². The van der Waals surface area contributed by atoms with Gasteiger partial charge >= 0.3 is 13.8 Å². The van der Waals surface area contributed by atoms with Crippen molar-refractivity contribution in [2.24, 2.45) is 0 Å². The van der Waals surface area contributed by atoms with Gasteiger partial charge < -0.3 is 14.8 Å². The third kappa shape index (κ3) is 3.57. The molecule has 0 aliphatic carbocycles. The van der Waals surface area contributed by atoms with E-state index in [-0.39, 0.29) is 13.2 Å². The Morgan fingerprint density at radius 2 is 1.64 bits per heavy atom. The summed E-state index contributed by atoms with van der Waals surface area (Å²) >= 11 is 0. The van der Waals surface area contributed by atoms with Gasteiger partial charge in [0.25, 0.3) is 5.78 Å². The van der Waals surface area contributed by atoms with Gasteiger partial charge in [0, 0.05) is 0 Å². The van der Waals surface area contributed by atoms with Crippen LogP contribution in [-0.4, -0.2) is 25.2 Å². The molecule has 0 saturated carbocycles. The lowest BCUT2D eigenvalue weighted by Crippen LogP contribution is -2.67. The van der Waals surface area contributed by atoms with Gasteiger partial charge in [0.15, 0.2) is 0 Å². The molecule has 8 heteroatoms. The second kappa shape index (κ2) is 5.11. The molecule has 0 aliphatic heterocycles. The van der Waals surface area contributed by atoms with E-state index >= 15 is 0 Å². The summed E-state index contributed by atoms with van der Waals surface area (Å²) in [6.07, 6.45) is -4.68. The molecule has 86 valence electrons. The van der Waals surface area contributed by atoms with E-state index in [0.29, 0.717) is 0 Å². The highest BCUT2D eigenvalue weighted by Crippen LogP contribution is 2.54. The van der Waals surface area contributed by atoms with Gasteiger partial charge in [-0.2, -0.15) is 13.2 Å². The predicted octanol–water partition coefficient (Wildman–Crippen LogP) is 1.38. The maximum atomic E-state index is 12.2. The Morgan fingerprint density at radius 3 is 1.86 bits per heavy atom. The van der Waals surface area contributed by atoms with Gasteiger partial charge in [-0.05, 0) is 13.8 Å². The molecule has 4 nitrogen and oxygen atoms in total. The van der Waals surface area contributed by atoms with E-state index in [4.69, 9.17) is 0 Å². The Balaban J connectivity index is 4.73. The van der Waals surface area contributed by atoms with Gasteiger partial charge in [0.05, 0.1) is 13.2 Å². The summed E-state index contributed by atoms with van der Waals surface area (Å²) in [5.74, 6) is -2.34. The van der Waals surface area contributed by atoms with Crippen molar-refractivity contribution in [3.05, 3.63) is 0 Å². The van der Waals surface area contributed by atoms with Crippen molar-refractivity contribution in [2.75, 3.05) is 13.2 Å². The molecule has 0 rings (SSSR count). The third-order valence-corrected chi connectivity index (χ3v) is 3.67. The lowest BCUT2D eigenvalue weighted by Gasteiger charge is -2.21. The van der Waals surface area contributed by atoms with Crippen LogP contribution in [0, 0.1) is 0 Å². The van der Waals surface area contributed by atoms with Crippen molar-refractivity contribution in [3.63, 3.8) is 0 Å². The molecule has 0 amide bonds. The summed E-state index contributed by atoms with van der Waals surface area (Å²) in [6, 6.07) is 0. The van der Waals surface area contributed by atoms with Crippen molar-refractivity contribution in [1.82, 2.24) is 0 Å². The SMILES string of the molecule is CCOP(=O)(OCC)[C@H]([NH3+])C(F)(F)F. The molecular weight excluding hydrogens is 222 g/mol. The zero-order chi connectivity index (χ0) is 11.4. The first-order chi connectivity index (χ1) is 6.28. The number of hydrogen-bond donors (Lipinski definition) is 1. The normalized spacial score (nSPS) is 15.6. The summed E-state index contributed by atoms with van der Waals surface area (Å²) in [6.45, 7) is 2.66. The van der Waals surface area contributed by atoms with Crippen LogP contribution in [0.25, 0.3) is 0 Å². The lowest BCUT2D eigenvalue weighted by molar-refractivity contribution is -0.454. The largest absolute Gasteiger partial charge is 0.453 e. The molecule has 3 N–H and O–H groups in total. The Bertz CT molecular complexity index is 211. The molecule has 0 aliphatic rings. The third-order valence-electron chi connectivity index (χ3n) is 1.38. The van der Waals surface area contributed by atoms with Crippen LogP contribution in [0.5, 0.6) is 0 Å². The summed E-state index contributed by atoms with van der Waals surface area (Å²) in [5, 5.41) is 0. The molecule has 0 heterocycles. The molecule has 0 fully saturated rings. The van der Waals surface area contributed by atoms with E-state index in [1.54, 1.807) is 0 Å². The fourth-order valence-electron chi connectivity index (χ4n) is 0.756. The van der Waals surface area contributed by atoms with Gasteiger partial charge in [0.1, 0.15) is 0 Å². The lowest BCUT2D eigenvalue weighted by atomic mass is 10.7. The monoisotopic (exact) mass is 236 g/mol. The maximum absolute atomic E-state index is 12.2. The fourth-order valence-corrected chi connectivity index (χ4v) is 2.27. The Hall–Kier alpha value is -0.100. The van der Waals surface area contributed by atoms with E-state index in [2.05, 4.69) is 14.8 Å². The second-order valence-corrected chi connectivity index (χ2v) is 4.65. The van der Waals surface area contributed by atoms with Gasteiger partial charge in [-0.25, -0.2) is 0 Å². The first-order valence-electron chi connectivity index (χ1n) is 4.06. The molecule has 0 aromatic carbocycles. The van der Waals surface area contributed by atoms with Crippen LogP contribution in [0.2, 0.25) is 0 Å². The van der Waals surface area contributed by atoms with Gasteiger partial charge in [-0.15, -0.1) is 0 Å². The zero-order valence-corrected chi connectivity index (χ0v) is 8.90. The minimum atomic E-state index is -4.68. The van der Waals surface area contributed by atoms with Crippen LogP contribution in [0.1, 0.15) is 13.8 Å². The standard InChI is InChI=1S/C6H13F3NO3P/c1-3-12-14(11,13-4-2)5(10)6(7,8)9/h5H,3-4,10H2,1-2H3/p+1/t5-/m0/s1. The molecule has 0 saturated heterocycles. The van der Waals surface area contributed by atoms with Crippen LogP contribution < -0.4 is 5.73 Å². The van der Waals surface area contributed by atoms with E-state index < -0.39 is 19.6 Å². The second-order valence-electron chi connectivity index (χ2n) is 2.43. The number of rotatable bonds is 5. The molecule has 0 radical (unpaired) electrons. The highest BCUT2D eigenvalue weighted by Gasteiger charge is 2.55. The van der Waals surface area contributed by atoms with Crippen molar-refractivity contribution >= 4 is 7.60 Å². The van der Waals surface area contributed by atoms with Gasteiger partial charge in [-0.3, -0.25) is 4.57 Å². The molecule has 0 spiro atoms. The number of hydrogen-bond acceptors (Lipinski definition) is 3. The van der Waals surface area contributed by atoms with Crippen LogP contribution >= 0.6 is 7.60 Å². The first kappa shape index (κ1) is 13.9. The molecule has 0 bridgehead atoms. The van der Waals surface area contributed by atoms with Crippen LogP contribution in [0.15, 0.2) is 0 Å². The van der Waals surface area contributed by atoms with E-state index in [1.165, 1.54) is 13.8 Å². The smallest absolute Gasteiger partial charge is 0.337 e. The van der Waals surface area contributed by atoms with E-state index in [9.17, 15) is 17.7 Å². The molecule has 0 aromatic rings. The summed E-state index contributed by atoms with van der Waals surface area (Å²) in [5.41, 5.74) is 2.78. The summed E-state index contributed by atoms with van der Waals surface area (Å²) in [7, 11) is -4.17. The van der Waals surface area contributed by atoms with Crippen molar-refractivity contribution in [3.8, 4) is 0 Å². The fraction of sp³-hybridized carbons (Fsp3) is 1.00. The minimum absolute atomic E-state index is 0.112. The molecule has 0 aromatic heterocycles. The van der Waals surface area contributed by atoms with Crippen molar-refractivity contribution < 1.29 is 32.5 Å². The number of halogens is 3. The minimum Gasteiger partial charge on any atom is -0.337 e. The Labute approximate surface area is 80.1 Å². The average Bonchev–Trinajstić information content (AvgIpc) is 2.02. The zero-order valence-electron chi connectivity index (χ0n) is 8.00. The van der Waals surface area contributed by atoms with Gasteiger partial charge in [0.2, 0.25) is 0 Å². The van der Waals surface area contributed by atoms with Crippen LogP contribution in [0.4, 0.5) is 13.2 Å². The number of quaternary nitrogens is 1. The van der Waals surface area contributed by atoms with Crippen LogP contribution in [0.3, 0.4) is 0 Å². The maximum Gasteiger partial charge on any atom is 0.453 e. The quantitative estimate of drug-likeness (QED) is 0.733. The van der Waals surface area contributed by atoms with Crippen molar-refractivity contribution in [1.29, 1.82) is 0 Å². The molecule has 14 heavy (non-hydrogen) atoms. The number of alkyl halides is 3. The topological polar surface area (TPSA) is 63.2 Å². The highest BCUT2D eigenvalue weighted by molar-refractivity contribution is 7.54. The summed E-state index contributed by atoms with van der Waals surface area (Å²) < 4.78 is 57.1.